The Morgan fingerprint density at radius 1 is 0.853 bits per heavy atom. The lowest BCUT2D eigenvalue weighted by Gasteiger charge is -2.54. The average molecular weight is 482 g/mol. The fraction of sp³-hybridized carbons (Fsp3) is 0.900. The van der Waals surface area contributed by atoms with E-state index in [2.05, 4.69) is 101 Å². The normalized spacial score (nSPS) is 16.2. The van der Waals surface area contributed by atoms with Crippen molar-refractivity contribution < 1.29 is 14.3 Å². The van der Waals surface area contributed by atoms with Gasteiger partial charge >= 0.3 is 5.97 Å². The van der Waals surface area contributed by atoms with E-state index in [9.17, 15) is 4.79 Å². The lowest BCUT2D eigenvalue weighted by atomic mass is 9.51. The smallest absolute Gasteiger partial charge is 0.309 e. The molecule has 0 spiro atoms. The summed E-state index contributed by atoms with van der Waals surface area (Å²) in [6, 6.07) is 0. The molecule has 0 aliphatic rings. The first-order valence-corrected chi connectivity index (χ1v) is 13.4. The van der Waals surface area contributed by atoms with Crippen molar-refractivity contribution >= 4 is 5.97 Å². The van der Waals surface area contributed by atoms with Crippen molar-refractivity contribution in [2.24, 2.45) is 33.0 Å². The molecular weight excluding hydrogens is 422 g/mol. The molecule has 0 radical (unpaired) electrons. The zero-order chi connectivity index (χ0) is 27.2. The van der Waals surface area contributed by atoms with Crippen molar-refractivity contribution in [3.8, 4) is 0 Å². The fourth-order valence-corrected chi connectivity index (χ4v) is 4.86. The van der Waals surface area contributed by atoms with Crippen LogP contribution in [-0.2, 0) is 14.3 Å². The quantitative estimate of drug-likeness (QED) is 0.186. The Kier molecular flexibility index (Phi) is 11.9. The van der Waals surface area contributed by atoms with E-state index in [1.54, 1.807) is 0 Å². The van der Waals surface area contributed by atoms with Gasteiger partial charge in [-0.25, -0.2) is 0 Å². The van der Waals surface area contributed by atoms with Gasteiger partial charge in [0.2, 0.25) is 0 Å². The lowest BCUT2D eigenvalue weighted by molar-refractivity contribution is -0.161. The maximum Gasteiger partial charge on any atom is 0.309 e. The molecule has 34 heavy (non-hydrogen) atoms. The number of esters is 1. The van der Waals surface area contributed by atoms with Crippen LogP contribution in [0, 0.1) is 33.0 Å². The molecule has 0 N–H and O–H groups in total. The molecule has 0 fully saturated rings. The minimum atomic E-state index is -0.300. The van der Waals surface area contributed by atoms with Gasteiger partial charge in [0.1, 0.15) is 6.61 Å². The molecule has 0 saturated carbocycles. The summed E-state index contributed by atoms with van der Waals surface area (Å²) in [5.41, 5.74) is -0.758. The summed E-state index contributed by atoms with van der Waals surface area (Å²) in [7, 11) is 0. The van der Waals surface area contributed by atoms with Crippen molar-refractivity contribution in [3.63, 3.8) is 0 Å². The Morgan fingerprint density at radius 3 is 1.74 bits per heavy atom. The van der Waals surface area contributed by atoms with Gasteiger partial charge in [0.25, 0.3) is 0 Å². The second-order valence-corrected chi connectivity index (χ2v) is 13.7. The van der Waals surface area contributed by atoms with Gasteiger partial charge in [-0.15, -0.1) is 0 Å². The van der Waals surface area contributed by atoms with E-state index < -0.39 is 0 Å². The van der Waals surface area contributed by atoms with Crippen molar-refractivity contribution in [2.75, 3.05) is 32.8 Å². The molecule has 0 aliphatic carbocycles. The highest BCUT2D eigenvalue weighted by Gasteiger charge is 2.53. The van der Waals surface area contributed by atoms with Crippen LogP contribution < -0.4 is 0 Å². The molecule has 0 aromatic rings. The highest BCUT2D eigenvalue weighted by Crippen LogP contribution is 2.58. The summed E-state index contributed by atoms with van der Waals surface area (Å²) < 4.78 is 11.9. The monoisotopic (exact) mass is 481 g/mol. The van der Waals surface area contributed by atoms with Gasteiger partial charge < -0.3 is 14.4 Å². The van der Waals surface area contributed by atoms with E-state index >= 15 is 0 Å². The third-order valence-electron chi connectivity index (χ3n) is 8.65. The third kappa shape index (κ3) is 8.57. The van der Waals surface area contributed by atoms with E-state index in [0.717, 1.165) is 38.2 Å². The largest absolute Gasteiger partial charge is 0.498 e. The van der Waals surface area contributed by atoms with Crippen molar-refractivity contribution in [1.29, 1.82) is 0 Å². The lowest BCUT2D eigenvalue weighted by Crippen LogP contribution is -2.49. The summed E-state index contributed by atoms with van der Waals surface area (Å²) in [5.74, 6) is 0.561. The fourth-order valence-electron chi connectivity index (χ4n) is 4.86. The maximum absolute atomic E-state index is 13.6. The summed E-state index contributed by atoms with van der Waals surface area (Å²) in [6.45, 7) is 39.2. The van der Waals surface area contributed by atoms with Crippen molar-refractivity contribution in [2.45, 2.75) is 110 Å². The van der Waals surface area contributed by atoms with Crippen LogP contribution in [0.15, 0.2) is 12.3 Å². The molecule has 0 saturated heterocycles. The van der Waals surface area contributed by atoms with E-state index in [0.29, 0.717) is 13.2 Å². The zero-order valence-corrected chi connectivity index (χ0v) is 25.4. The van der Waals surface area contributed by atoms with Gasteiger partial charge in [0.05, 0.1) is 18.3 Å². The SMILES string of the molecule is C=C(OCC)C(C)(CC(C)(C)C(C)(C)C(CC(C)(C)C)C(=O)OCCN(CC)CC)C(C)(C)C. The van der Waals surface area contributed by atoms with E-state index in [1.165, 1.54) is 0 Å². The van der Waals surface area contributed by atoms with E-state index in [-0.39, 0.29) is 39.0 Å². The second kappa shape index (κ2) is 12.3. The van der Waals surface area contributed by atoms with E-state index in [4.69, 9.17) is 9.47 Å². The molecule has 0 bridgehead atoms. The molecule has 0 heterocycles. The van der Waals surface area contributed by atoms with Crippen LogP contribution in [-0.4, -0.2) is 43.7 Å². The third-order valence-corrected chi connectivity index (χ3v) is 8.65. The van der Waals surface area contributed by atoms with E-state index in [1.807, 2.05) is 6.92 Å². The number of ether oxygens (including phenoxy) is 2. The average Bonchev–Trinajstić information content (AvgIpc) is 2.67. The van der Waals surface area contributed by atoms with Crippen LogP contribution in [0.1, 0.15) is 110 Å². The van der Waals surface area contributed by atoms with Gasteiger partial charge in [0, 0.05) is 12.0 Å². The molecule has 4 nitrogen and oxygen atoms in total. The number of nitrogens with zero attached hydrogens (tertiary/aromatic N) is 1. The predicted molar refractivity (Wildman–Crippen MR) is 147 cm³/mol. The molecule has 2 atom stereocenters. The first-order chi connectivity index (χ1) is 15.2. The van der Waals surface area contributed by atoms with Crippen LogP contribution in [0.4, 0.5) is 0 Å². The molecule has 0 amide bonds. The first kappa shape index (κ1) is 33.0. The number of hydrogen-bond acceptors (Lipinski definition) is 4. The molecule has 4 heteroatoms. The van der Waals surface area contributed by atoms with Gasteiger partial charge in [0.15, 0.2) is 0 Å². The Bertz CT molecular complexity index is 647. The van der Waals surface area contributed by atoms with Crippen LogP contribution >= 0.6 is 0 Å². The number of allylic oxidation sites excluding steroid dienone is 1. The molecule has 2 unspecified atom stereocenters. The summed E-state index contributed by atoms with van der Waals surface area (Å²) >= 11 is 0. The van der Waals surface area contributed by atoms with Gasteiger partial charge in [-0.1, -0.05) is 96.6 Å². The maximum atomic E-state index is 13.6. The molecule has 202 valence electrons. The highest BCUT2D eigenvalue weighted by molar-refractivity contribution is 5.73. The Balaban J connectivity index is 6.11. The molecule has 0 aromatic carbocycles. The molecular formula is C30H59NO3. The number of carbonyl (C=O) groups excluding carboxylic acids is 1. The Hall–Kier alpha value is -1.03. The summed E-state index contributed by atoms with van der Waals surface area (Å²) in [6.07, 6.45) is 1.65. The topological polar surface area (TPSA) is 38.8 Å². The van der Waals surface area contributed by atoms with Crippen LogP contribution in [0.5, 0.6) is 0 Å². The predicted octanol–water partition coefficient (Wildman–Crippen LogP) is 7.97. The standard InChI is InChI=1S/C30H59NO3/c1-16-31(17-2)19-20-34-25(32)24(21-26(5,6)7)29(13,14)28(11,12)22-30(15,27(8,9)10)23(4)33-18-3/h24H,4,16-22H2,1-3,5-15H3. The minimum Gasteiger partial charge on any atom is -0.498 e. The summed E-state index contributed by atoms with van der Waals surface area (Å²) in [4.78, 5) is 15.9. The zero-order valence-electron chi connectivity index (χ0n) is 25.4. The Morgan fingerprint density at radius 2 is 1.35 bits per heavy atom. The van der Waals surface area contributed by atoms with Gasteiger partial charge in [-0.05, 0) is 54.5 Å². The first-order valence-electron chi connectivity index (χ1n) is 13.4. The molecule has 0 aromatic heterocycles. The van der Waals surface area contributed by atoms with Crippen molar-refractivity contribution in [1.82, 2.24) is 4.90 Å². The van der Waals surface area contributed by atoms with Gasteiger partial charge in [-0.2, -0.15) is 0 Å². The highest BCUT2D eigenvalue weighted by atomic mass is 16.5. The minimum absolute atomic E-state index is 0.0121. The molecule has 0 aliphatic heterocycles. The van der Waals surface area contributed by atoms with Crippen molar-refractivity contribution in [3.05, 3.63) is 12.3 Å². The number of rotatable bonds is 14. The number of carbonyl (C=O) groups is 1. The number of likely N-dealkylation sites (N-methyl/N-ethyl adjacent to an activating group) is 1. The Labute approximate surface area is 213 Å². The second-order valence-electron chi connectivity index (χ2n) is 13.7. The van der Waals surface area contributed by atoms with Crippen LogP contribution in [0.25, 0.3) is 0 Å². The summed E-state index contributed by atoms with van der Waals surface area (Å²) in [5, 5.41) is 0. The van der Waals surface area contributed by atoms with Gasteiger partial charge in [-0.3, -0.25) is 4.79 Å². The molecule has 0 rings (SSSR count). The van der Waals surface area contributed by atoms with Crippen LogP contribution in [0.3, 0.4) is 0 Å². The number of hydrogen-bond donors (Lipinski definition) is 0. The van der Waals surface area contributed by atoms with Crippen LogP contribution in [0.2, 0.25) is 0 Å².